The Bertz CT molecular complexity index is 915. The van der Waals surface area contributed by atoms with Crippen molar-refractivity contribution in [2.45, 2.75) is 5.16 Å². The summed E-state index contributed by atoms with van der Waals surface area (Å²) in [4.78, 5) is 16.5. The number of nitrogens with one attached hydrogen (secondary N) is 2. The standard InChI is InChI=1S/C17H14Cl2N4O2S/c1-25-14-7-6-12(19)8-13(14)20-15(24)9-26-17-21-16(22-23-17)10-2-4-11(18)5-3-10/h2-8H,9H2,1H3,(H,20,24)(H,21,22,23). The Kier molecular flexibility index (Phi) is 6.03. The van der Waals surface area contributed by atoms with Crippen LogP contribution in [0.1, 0.15) is 0 Å². The van der Waals surface area contributed by atoms with Crippen LogP contribution in [-0.2, 0) is 4.79 Å². The second kappa shape index (κ2) is 8.44. The summed E-state index contributed by atoms with van der Waals surface area (Å²) in [6.07, 6.45) is 0. The highest BCUT2D eigenvalue weighted by atomic mass is 35.5. The van der Waals surface area contributed by atoms with Gasteiger partial charge in [0.15, 0.2) is 5.82 Å². The summed E-state index contributed by atoms with van der Waals surface area (Å²) in [5.74, 6) is 1.08. The van der Waals surface area contributed by atoms with Gasteiger partial charge in [-0.1, -0.05) is 35.0 Å². The molecule has 0 saturated carbocycles. The van der Waals surface area contributed by atoms with E-state index in [1.807, 2.05) is 12.1 Å². The van der Waals surface area contributed by atoms with Gasteiger partial charge in [0.1, 0.15) is 5.75 Å². The predicted molar refractivity (Wildman–Crippen MR) is 104 cm³/mol. The number of nitrogens with zero attached hydrogens (tertiary/aromatic N) is 2. The first-order valence-electron chi connectivity index (χ1n) is 7.49. The molecule has 1 heterocycles. The number of aromatic nitrogens is 3. The molecule has 134 valence electrons. The summed E-state index contributed by atoms with van der Waals surface area (Å²) in [5.41, 5.74) is 1.38. The number of aromatic amines is 1. The Morgan fingerprint density at radius 3 is 2.65 bits per heavy atom. The maximum absolute atomic E-state index is 12.2. The number of ether oxygens (including phenoxy) is 1. The van der Waals surface area contributed by atoms with Gasteiger partial charge < -0.3 is 10.1 Å². The molecule has 0 radical (unpaired) electrons. The van der Waals surface area contributed by atoms with Crippen LogP contribution in [0.25, 0.3) is 11.4 Å². The number of thioether (sulfide) groups is 1. The maximum Gasteiger partial charge on any atom is 0.234 e. The number of halogens is 2. The Morgan fingerprint density at radius 1 is 1.19 bits per heavy atom. The van der Waals surface area contributed by atoms with E-state index in [1.54, 1.807) is 30.3 Å². The molecule has 2 aromatic carbocycles. The van der Waals surface area contributed by atoms with E-state index in [9.17, 15) is 4.79 Å². The lowest BCUT2D eigenvalue weighted by Crippen LogP contribution is -2.14. The van der Waals surface area contributed by atoms with Crippen molar-refractivity contribution in [1.29, 1.82) is 0 Å². The lowest BCUT2D eigenvalue weighted by atomic mass is 10.2. The third-order valence-electron chi connectivity index (χ3n) is 3.35. The van der Waals surface area contributed by atoms with Crippen LogP contribution in [0, 0.1) is 0 Å². The van der Waals surface area contributed by atoms with E-state index >= 15 is 0 Å². The van der Waals surface area contributed by atoms with E-state index in [0.717, 1.165) is 5.56 Å². The van der Waals surface area contributed by atoms with Crippen LogP contribution in [0.4, 0.5) is 5.69 Å². The molecule has 0 bridgehead atoms. The Morgan fingerprint density at radius 2 is 1.92 bits per heavy atom. The molecule has 9 heteroatoms. The molecule has 1 amide bonds. The predicted octanol–water partition coefficient (Wildman–Crippen LogP) is 4.52. The molecule has 26 heavy (non-hydrogen) atoms. The summed E-state index contributed by atoms with van der Waals surface area (Å²) in [6.45, 7) is 0. The first-order valence-corrected chi connectivity index (χ1v) is 9.24. The molecule has 0 spiro atoms. The molecule has 6 nitrogen and oxygen atoms in total. The monoisotopic (exact) mass is 408 g/mol. The van der Waals surface area contributed by atoms with Gasteiger partial charge in [0.05, 0.1) is 18.6 Å². The zero-order valence-corrected chi connectivity index (χ0v) is 16.0. The number of carbonyl (C=O) groups excluding carboxylic acids is 1. The molecule has 0 aliphatic rings. The van der Waals surface area contributed by atoms with E-state index in [1.165, 1.54) is 18.9 Å². The van der Waals surface area contributed by atoms with Crippen LogP contribution in [0.3, 0.4) is 0 Å². The fourth-order valence-corrected chi connectivity index (χ4v) is 3.04. The summed E-state index contributed by atoms with van der Waals surface area (Å²) in [6, 6.07) is 12.3. The van der Waals surface area contributed by atoms with Gasteiger partial charge in [-0.05, 0) is 42.5 Å². The lowest BCUT2D eigenvalue weighted by Gasteiger charge is -2.09. The first kappa shape index (κ1) is 18.6. The van der Waals surface area contributed by atoms with Gasteiger partial charge in [0.25, 0.3) is 0 Å². The number of carbonyl (C=O) groups is 1. The number of amides is 1. The molecular weight excluding hydrogens is 395 g/mol. The van der Waals surface area contributed by atoms with Crippen molar-refractivity contribution in [2.75, 3.05) is 18.2 Å². The van der Waals surface area contributed by atoms with Crippen molar-refractivity contribution in [1.82, 2.24) is 15.2 Å². The second-order valence-corrected chi connectivity index (χ2v) is 6.97. The van der Waals surface area contributed by atoms with Crippen LogP contribution in [0.15, 0.2) is 47.6 Å². The SMILES string of the molecule is COc1ccc(Cl)cc1NC(=O)CSc1n[nH]c(-c2ccc(Cl)cc2)n1. The van der Waals surface area contributed by atoms with Crippen LogP contribution in [0.2, 0.25) is 10.0 Å². The number of anilines is 1. The van der Waals surface area contributed by atoms with Crippen LogP contribution < -0.4 is 10.1 Å². The van der Waals surface area contributed by atoms with Gasteiger partial charge in [-0.2, -0.15) is 0 Å². The normalized spacial score (nSPS) is 10.6. The summed E-state index contributed by atoms with van der Waals surface area (Å²) in [7, 11) is 1.53. The zero-order chi connectivity index (χ0) is 18.5. The molecular formula is C17H14Cl2N4O2S. The van der Waals surface area contributed by atoms with Gasteiger partial charge in [-0.3, -0.25) is 9.89 Å². The van der Waals surface area contributed by atoms with Crippen molar-refractivity contribution in [3.05, 3.63) is 52.5 Å². The van der Waals surface area contributed by atoms with Crippen molar-refractivity contribution in [3.63, 3.8) is 0 Å². The first-order chi connectivity index (χ1) is 12.5. The Balaban J connectivity index is 1.60. The number of rotatable bonds is 6. The van der Waals surface area contributed by atoms with E-state index < -0.39 is 0 Å². The van der Waals surface area contributed by atoms with Crippen LogP contribution >= 0.6 is 35.0 Å². The molecule has 0 fully saturated rings. The lowest BCUT2D eigenvalue weighted by molar-refractivity contribution is -0.113. The Hall–Kier alpha value is -2.22. The zero-order valence-electron chi connectivity index (χ0n) is 13.6. The fraction of sp³-hybridized carbons (Fsp3) is 0.118. The van der Waals surface area contributed by atoms with Crippen molar-refractivity contribution in [2.24, 2.45) is 0 Å². The average Bonchev–Trinajstić information content (AvgIpc) is 3.10. The van der Waals surface area contributed by atoms with E-state index in [2.05, 4.69) is 20.5 Å². The molecule has 1 aromatic heterocycles. The van der Waals surface area contributed by atoms with Gasteiger partial charge >= 0.3 is 0 Å². The fourth-order valence-electron chi connectivity index (χ4n) is 2.14. The topological polar surface area (TPSA) is 79.9 Å². The molecule has 0 saturated heterocycles. The second-order valence-electron chi connectivity index (χ2n) is 5.15. The molecule has 0 atom stereocenters. The summed E-state index contributed by atoms with van der Waals surface area (Å²) in [5, 5.41) is 11.4. The van der Waals surface area contributed by atoms with Gasteiger partial charge in [-0.15, -0.1) is 5.10 Å². The summed E-state index contributed by atoms with van der Waals surface area (Å²) >= 11 is 13.0. The van der Waals surface area contributed by atoms with E-state index in [4.69, 9.17) is 27.9 Å². The van der Waals surface area contributed by atoms with Gasteiger partial charge in [-0.25, -0.2) is 4.98 Å². The number of hydrogen-bond donors (Lipinski definition) is 2. The molecule has 0 unspecified atom stereocenters. The summed E-state index contributed by atoms with van der Waals surface area (Å²) < 4.78 is 5.21. The number of H-pyrrole nitrogens is 1. The van der Waals surface area contributed by atoms with E-state index in [0.29, 0.717) is 32.5 Å². The molecule has 3 rings (SSSR count). The Labute approximate surface area is 164 Å². The minimum Gasteiger partial charge on any atom is -0.495 e. The van der Waals surface area contributed by atoms with Crippen LogP contribution in [-0.4, -0.2) is 34.0 Å². The molecule has 3 aromatic rings. The minimum absolute atomic E-state index is 0.146. The maximum atomic E-state index is 12.2. The van der Waals surface area contributed by atoms with Gasteiger partial charge in [0.2, 0.25) is 11.1 Å². The van der Waals surface area contributed by atoms with Crippen molar-refractivity contribution in [3.8, 4) is 17.1 Å². The third kappa shape index (κ3) is 4.69. The highest BCUT2D eigenvalue weighted by Crippen LogP contribution is 2.28. The van der Waals surface area contributed by atoms with Crippen molar-refractivity contribution >= 4 is 46.6 Å². The number of benzene rings is 2. The molecule has 0 aliphatic heterocycles. The number of hydrogen-bond acceptors (Lipinski definition) is 5. The minimum atomic E-state index is -0.214. The van der Waals surface area contributed by atoms with Crippen molar-refractivity contribution < 1.29 is 9.53 Å². The molecule has 0 aliphatic carbocycles. The smallest absolute Gasteiger partial charge is 0.234 e. The number of methoxy groups -OCH3 is 1. The third-order valence-corrected chi connectivity index (χ3v) is 4.68. The highest BCUT2D eigenvalue weighted by Gasteiger charge is 2.11. The average molecular weight is 409 g/mol. The largest absolute Gasteiger partial charge is 0.495 e. The van der Waals surface area contributed by atoms with E-state index in [-0.39, 0.29) is 11.7 Å². The highest BCUT2D eigenvalue weighted by molar-refractivity contribution is 7.99. The van der Waals surface area contributed by atoms with Crippen LogP contribution in [0.5, 0.6) is 5.75 Å². The van der Waals surface area contributed by atoms with Gasteiger partial charge in [0, 0.05) is 15.6 Å². The molecule has 2 N–H and O–H groups in total. The quantitative estimate of drug-likeness (QED) is 0.586.